The van der Waals surface area contributed by atoms with E-state index < -0.39 is 18.8 Å². The predicted molar refractivity (Wildman–Crippen MR) is 141 cm³/mol. The Balaban J connectivity index is 1.29. The average molecular weight is 538 g/mol. The number of piperazine rings is 1. The van der Waals surface area contributed by atoms with Crippen molar-refractivity contribution in [3.05, 3.63) is 67.1 Å². The first kappa shape index (κ1) is 26.0. The van der Waals surface area contributed by atoms with Gasteiger partial charge in [-0.25, -0.2) is 9.78 Å². The van der Waals surface area contributed by atoms with Crippen LogP contribution in [0.1, 0.15) is 6.92 Å². The molecule has 2 N–H and O–H groups in total. The Labute approximate surface area is 222 Å². The van der Waals surface area contributed by atoms with Gasteiger partial charge in [-0.2, -0.15) is 13.2 Å². The van der Waals surface area contributed by atoms with Gasteiger partial charge in [-0.3, -0.25) is 14.2 Å². The number of carbonyl (C=O) groups excluding carboxylic acids is 2. The van der Waals surface area contributed by atoms with E-state index in [1.54, 1.807) is 36.6 Å². The SMILES string of the molecule is CC(=O)N1CCN(c2ccc(-c3ccn4c(-c5cccc(NC(=O)NCC(F)(F)F)c5)cnc4c3)nc2)CC1. The zero-order chi connectivity index (χ0) is 27.6. The van der Waals surface area contributed by atoms with Crippen molar-refractivity contribution >= 4 is 29.0 Å². The van der Waals surface area contributed by atoms with E-state index in [1.165, 1.54) is 0 Å². The van der Waals surface area contributed by atoms with Crippen molar-refractivity contribution in [2.45, 2.75) is 13.1 Å². The van der Waals surface area contributed by atoms with Gasteiger partial charge in [0.05, 0.1) is 29.5 Å². The Bertz CT molecular complexity index is 1490. The molecule has 4 aromatic rings. The van der Waals surface area contributed by atoms with Gasteiger partial charge in [-0.1, -0.05) is 12.1 Å². The second-order valence-electron chi connectivity index (χ2n) is 9.19. The third-order valence-electron chi connectivity index (χ3n) is 6.51. The smallest absolute Gasteiger partial charge is 0.367 e. The predicted octanol–water partition coefficient (Wildman–Crippen LogP) is 4.42. The van der Waals surface area contributed by atoms with Crippen molar-refractivity contribution in [2.75, 3.05) is 42.9 Å². The second kappa shape index (κ2) is 10.6. The lowest BCUT2D eigenvalue weighted by Crippen LogP contribution is -2.48. The van der Waals surface area contributed by atoms with Crippen LogP contribution in [0.4, 0.5) is 29.3 Å². The molecule has 3 aromatic heterocycles. The van der Waals surface area contributed by atoms with E-state index in [0.29, 0.717) is 24.4 Å². The number of hydrogen-bond acceptors (Lipinski definition) is 5. The topological polar surface area (TPSA) is 94.9 Å². The maximum absolute atomic E-state index is 12.3. The lowest BCUT2D eigenvalue weighted by atomic mass is 10.1. The number of nitrogens with one attached hydrogen (secondary N) is 2. The number of carbonyl (C=O) groups is 2. The Morgan fingerprint density at radius 3 is 2.44 bits per heavy atom. The van der Waals surface area contributed by atoms with Crippen LogP contribution in [0.5, 0.6) is 0 Å². The van der Waals surface area contributed by atoms with Crippen LogP contribution in [-0.2, 0) is 4.79 Å². The van der Waals surface area contributed by atoms with Gasteiger partial charge in [0.1, 0.15) is 12.2 Å². The van der Waals surface area contributed by atoms with E-state index in [4.69, 9.17) is 0 Å². The van der Waals surface area contributed by atoms with Crippen molar-refractivity contribution in [1.82, 2.24) is 24.6 Å². The third-order valence-corrected chi connectivity index (χ3v) is 6.51. The Kier molecular flexibility index (Phi) is 7.09. The van der Waals surface area contributed by atoms with Crippen LogP contribution in [0.3, 0.4) is 0 Å². The highest BCUT2D eigenvalue weighted by Crippen LogP contribution is 2.27. The molecule has 0 radical (unpaired) electrons. The molecule has 5 rings (SSSR count). The highest BCUT2D eigenvalue weighted by Gasteiger charge is 2.27. The highest BCUT2D eigenvalue weighted by atomic mass is 19.4. The monoisotopic (exact) mass is 537 g/mol. The van der Waals surface area contributed by atoms with Gasteiger partial charge in [0.25, 0.3) is 0 Å². The van der Waals surface area contributed by atoms with Gasteiger partial charge < -0.3 is 20.4 Å². The van der Waals surface area contributed by atoms with E-state index in [-0.39, 0.29) is 5.91 Å². The summed E-state index contributed by atoms with van der Waals surface area (Å²) in [7, 11) is 0. The van der Waals surface area contributed by atoms with E-state index >= 15 is 0 Å². The molecule has 0 spiro atoms. The number of urea groups is 1. The fraction of sp³-hybridized carbons (Fsp3) is 0.259. The van der Waals surface area contributed by atoms with Crippen molar-refractivity contribution in [3.8, 4) is 22.5 Å². The molecule has 0 atom stereocenters. The molecule has 1 saturated heterocycles. The van der Waals surface area contributed by atoms with Gasteiger partial charge in [0.15, 0.2) is 0 Å². The first-order valence-electron chi connectivity index (χ1n) is 12.3. The number of alkyl halides is 3. The summed E-state index contributed by atoms with van der Waals surface area (Å²) in [6, 6.07) is 13.7. The van der Waals surface area contributed by atoms with Crippen molar-refractivity contribution in [2.24, 2.45) is 0 Å². The molecule has 0 aliphatic carbocycles. The first-order valence-corrected chi connectivity index (χ1v) is 12.3. The number of rotatable bonds is 5. The zero-order valence-electron chi connectivity index (χ0n) is 21.1. The second-order valence-corrected chi connectivity index (χ2v) is 9.19. The first-order chi connectivity index (χ1) is 18.7. The van der Waals surface area contributed by atoms with Crippen molar-refractivity contribution in [1.29, 1.82) is 0 Å². The molecule has 39 heavy (non-hydrogen) atoms. The van der Waals surface area contributed by atoms with E-state index in [0.717, 1.165) is 41.3 Å². The minimum atomic E-state index is -4.49. The van der Waals surface area contributed by atoms with Crippen LogP contribution in [0.15, 0.2) is 67.1 Å². The summed E-state index contributed by atoms with van der Waals surface area (Å²) >= 11 is 0. The molecule has 202 valence electrons. The lowest BCUT2D eigenvalue weighted by molar-refractivity contribution is -0.129. The van der Waals surface area contributed by atoms with Crippen LogP contribution in [0.2, 0.25) is 0 Å². The quantitative estimate of drug-likeness (QED) is 0.393. The summed E-state index contributed by atoms with van der Waals surface area (Å²) in [5, 5.41) is 4.21. The summed E-state index contributed by atoms with van der Waals surface area (Å²) in [6.45, 7) is 3.09. The van der Waals surface area contributed by atoms with Crippen LogP contribution >= 0.6 is 0 Å². The largest absolute Gasteiger partial charge is 0.405 e. The summed E-state index contributed by atoms with van der Waals surface area (Å²) < 4.78 is 38.9. The van der Waals surface area contributed by atoms with Gasteiger partial charge in [0.2, 0.25) is 5.91 Å². The fourth-order valence-electron chi connectivity index (χ4n) is 4.49. The molecule has 4 heterocycles. The third kappa shape index (κ3) is 6.11. The van der Waals surface area contributed by atoms with Crippen molar-refractivity contribution < 1.29 is 22.8 Å². The molecule has 0 bridgehead atoms. The van der Waals surface area contributed by atoms with Gasteiger partial charge in [-0.05, 0) is 36.4 Å². The Hall–Kier alpha value is -4.61. The number of amides is 3. The average Bonchev–Trinajstić information content (AvgIpc) is 3.35. The van der Waals surface area contributed by atoms with E-state index in [9.17, 15) is 22.8 Å². The van der Waals surface area contributed by atoms with E-state index in [1.807, 2.05) is 52.0 Å². The minimum absolute atomic E-state index is 0.0947. The molecule has 0 saturated carbocycles. The van der Waals surface area contributed by atoms with Crippen molar-refractivity contribution in [3.63, 3.8) is 0 Å². The number of halogens is 3. The Morgan fingerprint density at radius 1 is 0.949 bits per heavy atom. The molecule has 1 aliphatic rings. The molecule has 1 aliphatic heterocycles. The molecule has 9 nitrogen and oxygen atoms in total. The highest BCUT2D eigenvalue weighted by molar-refractivity contribution is 5.90. The molecular weight excluding hydrogens is 511 g/mol. The van der Waals surface area contributed by atoms with Gasteiger partial charge in [0, 0.05) is 56.1 Å². The van der Waals surface area contributed by atoms with Crippen LogP contribution < -0.4 is 15.5 Å². The summed E-state index contributed by atoms with van der Waals surface area (Å²) in [6.07, 6.45) is 0.918. The number of benzene rings is 1. The molecule has 1 aromatic carbocycles. The molecular formula is C27H26F3N7O2. The van der Waals surface area contributed by atoms with Crippen LogP contribution in [0.25, 0.3) is 28.2 Å². The summed E-state index contributed by atoms with van der Waals surface area (Å²) in [5.74, 6) is 0.0947. The van der Waals surface area contributed by atoms with Gasteiger partial charge >= 0.3 is 12.2 Å². The van der Waals surface area contributed by atoms with E-state index in [2.05, 4.69) is 20.2 Å². The minimum Gasteiger partial charge on any atom is -0.367 e. The molecule has 3 amide bonds. The number of aromatic nitrogens is 3. The number of imidazole rings is 1. The molecule has 0 unspecified atom stereocenters. The van der Waals surface area contributed by atoms with Crippen LogP contribution in [0, 0.1) is 0 Å². The zero-order valence-corrected chi connectivity index (χ0v) is 21.1. The number of fused-ring (bicyclic) bond motifs is 1. The maximum Gasteiger partial charge on any atom is 0.405 e. The standard InChI is InChI=1S/C27H26F3N7O2/c1-18(38)35-9-11-36(12-10-35)22-5-6-23(31-15-22)19-7-8-37-24(16-32-25(37)14-19)20-3-2-4-21(13-20)34-26(39)33-17-27(28,29)30/h2-8,13-16H,9-12,17H2,1H3,(H2,33,34,39). The molecule has 12 heteroatoms. The molecule has 1 fully saturated rings. The summed E-state index contributed by atoms with van der Waals surface area (Å²) in [5.41, 5.74) is 5.22. The maximum atomic E-state index is 12.3. The number of pyridine rings is 2. The van der Waals surface area contributed by atoms with Gasteiger partial charge in [-0.15, -0.1) is 0 Å². The number of anilines is 2. The number of hydrogen-bond donors (Lipinski definition) is 2. The fourth-order valence-corrected chi connectivity index (χ4v) is 4.49. The lowest BCUT2D eigenvalue weighted by Gasteiger charge is -2.35. The Morgan fingerprint density at radius 2 is 1.74 bits per heavy atom. The summed E-state index contributed by atoms with van der Waals surface area (Å²) in [4.78, 5) is 36.6. The number of nitrogens with zero attached hydrogens (tertiary/aromatic N) is 5. The normalized spacial score (nSPS) is 13.9. The van der Waals surface area contributed by atoms with Crippen LogP contribution in [-0.4, -0.2) is 70.1 Å².